The van der Waals surface area contributed by atoms with Crippen molar-refractivity contribution in [2.45, 2.75) is 32.7 Å². The molecule has 2 N–H and O–H groups in total. The first kappa shape index (κ1) is 13.6. The summed E-state index contributed by atoms with van der Waals surface area (Å²) in [6.45, 7) is 3.90. The van der Waals surface area contributed by atoms with Gasteiger partial charge in [-0.25, -0.2) is 0 Å². The van der Waals surface area contributed by atoms with Crippen molar-refractivity contribution < 1.29 is 14.3 Å². The first-order valence-electron chi connectivity index (χ1n) is 6.51. The standard InChI is InChI=1S/C15H19NO3/c1-3-12(8-17)16-15(18)7-11-9-19-14-5-4-10(2)6-13(11)14/h4-6,9,12,17H,3,7-8H2,1-2H3,(H,16,18). The molecule has 0 bridgehead atoms. The minimum Gasteiger partial charge on any atom is -0.464 e. The molecule has 4 nitrogen and oxygen atoms in total. The van der Waals surface area contributed by atoms with Gasteiger partial charge in [-0.1, -0.05) is 18.6 Å². The third kappa shape index (κ3) is 3.15. The van der Waals surface area contributed by atoms with E-state index in [1.807, 2.05) is 32.0 Å². The van der Waals surface area contributed by atoms with Crippen LogP contribution in [-0.2, 0) is 11.2 Å². The number of aryl methyl sites for hydroxylation is 1. The maximum absolute atomic E-state index is 11.9. The molecule has 0 spiro atoms. The van der Waals surface area contributed by atoms with E-state index in [1.165, 1.54) is 0 Å². The van der Waals surface area contributed by atoms with E-state index in [9.17, 15) is 4.79 Å². The number of hydrogen-bond acceptors (Lipinski definition) is 3. The molecule has 0 aliphatic heterocycles. The fourth-order valence-electron chi connectivity index (χ4n) is 2.06. The molecular weight excluding hydrogens is 242 g/mol. The van der Waals surface area contributed by atoms with E-state index in [4.69, 9.17) is 9.52 Å². The van der Waals surface area contributed by atoms with Crippen molar-refractivity contribution in [3.63, 3.8) is 0 Å². The van der Waals surface area contributed by atoms with Gasteiger partial charge in [0.2, 0.25) is 5.91 Å². The maximum Gasteiger partial charge on any atom is 0.224 e. The molecule has 1 aromatic heterocycles. The third-order valence-corrected chi connectivity index (χ3v) is 3.24. The van der Waals surface area contributed by atoms with Gasteiger partial charge < -0.3 is 14.8 Å². The molecule has 19 heavy (non-hydrogen) atoms. The van der Waals surface area contributed by atoms with Crippen LogP contribution in [0.4, 0.5) is 0 Å². The zero-order valence-corrected chi connectivity index (χ0v) is 11.3. The molecule has 0 aliphatic rings. The van der Waals surface area contributed by atoms with Gasteiger partial charge in [-0.2, -0.15) is 0 Å². The number of aliphatic hydroxyl groups excluding tert-OH is 1. The molecule has 0 saturated carbocycles. The Balaban J connectivity index is 2.13. The lowest BCUT2D eigenvalue weighted by atomic mass is 10.1. The zero-order chi connectivity index (χ0) is 13.8. The number of carbonyl (C=O) groups is 1. The Morgan fingerprint density at radius 3 is 2.95 bits per heavy atom. The van der Waals surface area contributed by atoms with Crippen molar-refractivity contribution >= 4 is 16.9 Å². The highest BCUT2D eigenvalue weighted by molar-refractivity contribution is 5.88. The van der Waals surface area contributed by atoms with Crippen LogP contribution >= 0.6 is 0 Å². The average molecular weight is 261 g/mol. The van der Waals surface area contributed by atoms with Crippen LogP contribution in [0.5, 0.6) is 0 Å². The highest BCUT2D eigenvalue weighted by atomic mass is 16.3. The van der Waals surface area contributed by atoms with Crippen LogP contribution in [0.3, 0.4) is 0 Å². The Bertz CT molecular complexity index is 570. The summed E-state index contributed by atoms with van der Waals surface area (Å²) in [5.41, 5.74) is 2.81. The molecule has 2 rings (SSSR count). The second-order valence-corrected chi connectivity index (χ2v) is 4.79. The zero-order valence-electron chi connectivity index (χ0n) is 11.3. The highest BCUT2D eigenvalue weighted by Crippen LogP contribution is 2.22. The monoisotopic (exact) mass is 261 g/mol. The number of amides is 1. The van der Waals surface area contributed by atoms with E-state index in [0.717, 1.165) is 22.1 Å². The molecule has 2 aromatic rings. The molecule has 0 saturated heterocycles. The lowest BCUT2D eigenvalue weighted by molar-refractivity contribution is -0.121. The molecular formula is C15H19NO3. The van der Waals surface area contributed by atoms with Crippen molar-refractivity contribution in [3.05, 3.63) is 35.6 Å². The topological polar surface area (TPSA) is 62.5 Å². The molecule has 1 heterocycles. The van der Waals surface area contributed by atoms with E-state index in [2.05, 4.69) is 5.32 Å². The van der Waals surface area contributed by atoms with Gasteiger partial charge in [0.25, 0.3) is 0 Å². The predicted molar refractivity (Wildman–Crippen MR) is 74.0 cm³/mol. The fourth-order valence-corrected chi connectivity index (χ4v) is 2.06. The van der Waals surface area contributed by atoms with Crippen molar-refractivity contribution in [3.8, 4) is 0 Å². The number of hydrogen-bond donors (Lipinski definition) is 2. The Labute approximate surface area is 112 Å². The fraction of sp³-hybridized carbons (Fsp3) is 0.400. The number of nitrogens with one attached hydrogen (secondary N) is 1. The lowest BCUT2D eigenvalue weighted by Gasteiger charge is -2.13. The van der Waals surface area contributed by atoms with Crippen molar-refractivity contribution in [1.29, 1.82) is 0 Å². The van der Waals surface area contributed by atoms with E-state index < -0.39 is 0 Å². The first-order chi connectivity index (χ1) is 9.13. The molecule has 102 valence electrons. The number of furan rings is 1. The predicted octanol–water partition coefficient (Wildman–Crippen LogP) is 2.17. The van der Waals surface area contributed by atoms with Crippen LogP contribution in [0.25, 0.3) is 11.0 Å². The van der Waals surface area contributed by atoms with Gasteiger partial charge in [0.1, 0.15) is 5.58 Å². The van der Waals surface area contributed by atoms with Crippen LogP contribution < -0.4 is 5.32 Å². The van der Waals surface area contributed by atoms with Gasteiger partial charge in [-0.15, -0.1) is 0 Å². The van der Waals surface area contributed by atoms with Gasteiger partial charge in [-0.05, 0) is 25.5 Å². The van der Waals surface area contributed by atoms with Crippen LogP contribution in [-0.4, -0.2) is 23.7 Å². The van der Waals surface area contributed by atoms with E-state index in [-0.39, 0.29) is 25.0 Å². The second-order valence-electron chi connectivity index (χ2n) is 4.79. The van der Waals surface area contributed by atoms with Crippen LogP contribution in [0.1, 0.15) is 24.5 Å². The van der Waals surface area contributed by atoms with Gasteiger partial charge in [0, 0.05) is 10.9 Å². The summed E-state index contributed by atoms with van der Waals surface area (Å²) in [4.78, 5) is 11.9. The van der Waals surface area contributed by atoms with Crippen LogP contribution in [0.15, 0.2) is 28.9 Å². The van der Waals surface area contributed by atoms with Crippen LogP contribution in [0, 0.1) is 6.92 Å². The number of fused-ring (bicyclic) bond motifs is 1. The average Bonchev–Trinajstić information content (AvgIpc) is 2.78. The van der Waals surface area contributed by atoms with Crippen molar-refractivity contribution in [2.75, 3.05) is 6.61 Å². The number of rotatable bonds is 5. The SMILES string of the molecule is CCC(CO)NC(=O)Cc1coc2ccc(C)cc12. The van der Waals surface area contributed by atoms with E-state index >= 15 is 0 Å². The second kappa shape index (κ2) is 5.89. The smallest absolute Gasteiger partial charge is 0.224 e. The molecule has 1 amide bonds. The Morgan fingerprint density at radius 1 is 1.47 bits per heavy atom. The third-order valence-electron chi connectivity index (χ3n) is 3.24. The Morgan fingerprint density at radius 2 is 2.26 bits per heavy atom. The summed E-state index contributed by atoms with van der Waals surface area (Å²) in [5.74, 6) is -0.0925. The minimum atomic E-state index is -0.174. The largest absolute Gasteiger partial charge is 0.464 e. The number of aliphatic hydroxyl groups is 1. The van der Waals surface area contributed by atoms with Gasteiger partial charge in [-0.3, -0.25) is 4.79 Å². The summed E-state index contributed by atoms with van der Waals surface area (Å²) in [6, 6.07) is 5.74. The van der Waals surface area contributed by atoms with Gasteiger partial charge in [0.05, 0.1) is 25.3 Å². The van der Waals surface area contributed by atoms with Gasteiger partial charge in [0.15, 0.2) is 0 Å². The molecule has 4 heteroatoms. The summed E-state index contributed by atoms with van der Waals surface area (Å²) >= 11 is 0. The van der Waals surface area contributed by atoms with Gasteiger partial charge >= 0.3 is 0 Å². The normalized spacial score (nSPS) is 12.6. The summed E-state index contributed by atoms with van der Waals surface area (Å²) in [5, 5.41) is 12.9. The highest BCUT2D eigenvalue weighted by Gasteiger charge is 2.13. The van der Waals surface area contributed by atoms with E-state index in [0.29, 0.717) is 6.42 Å². The summed E-state index contributed by atoms with van der Waals surface area (Å²) in [7, 11) is 0. The molecule has 1 atom stereocenters. The van der Waals surface area contributed by atoms with E-state index in [1.54, 1.807) is 6.26 Å². The quantitative estimate of drug-likeness (QED) is 0.867. The minimum absolute atomic E-state index is 0.0342. The summed E-state index contributed by atoms with van der Waals surface area (Å²) < 4.78 is 5.43. The Kier molecular flexibility index (Phi) is 4.22. The number of carbonyl (C=O) groups excluding carboxylic acids is 1. The van der Waals surface area contributed by atoms with Crippen molar-refractivity contribution in [2.24, 2.45) is 0 Å². The molecule has 1 aromatic carbocycles. The maximum atomic E-state index is 11.9. The van der Waals surface area contributed by atoms with Crippen LogP contribution in [0.2, 0.25) is 0 Å². The van der Waals surface area contributed by atoms with Crippen molar-refractivity contribution in [1.82, 2.24) is 5.32 Å². The molecule has 1 unspecified atom stereocenters. The molecule has 0 aliphatic carbocycles. The summed E-state index contributed by atoms with van der Waals surface area (Å²) in [6.07, 6.45) is 2.62. The molecule has 0 radical (unpaired) electrons. The first-order valence-corrected chi connectivity index (χ1v) is 6.51. The Hall–Kier alpha value is -1.81. The lowest BCUT2D eigenvalue weighted by Crippen LogP contribution is -2.37. The molecule has 0 fully saturated rings. The number of benzene rings is 1.